The maximum atomic E-state index is 12.3. The topological polar surface area (TPSA) is 122 Å². The monoisotopic (exact) mass is 341 g/mol. The van der Waals surface area contributed by atoms with Crippen molar-refractivity contribution in [2.75, 3.05) is 6.54 Å². The molecule has 8 heteroatoms. The Hall–Kier alpha value is -3.34. The first kappa shape index (κ1) is 16.5. The summed E-state index contributed by atoms with van der Waals surface area (Å²) in [7, 11) is 1.42. The average molecular weight is 341 g/mol. The van der Waals surface area contributed by atoms with E-state index < -0.39 is 35.3 Å². The molecular weight excluding hydrogens is 326 g/mol. The van der Waals surface area contributed by atoms with Gasteiger partial charge >= 0.3 is 5.97 Å². The van der Waals surface area contributed by atoms with Crippen molar-refractivity contribution >= 4 is 22.9 Å². The van der Waals surface area contributed by atoms with Gasteiger partial charge in [0, 0.05) is 24.7 Å². The molecule has 25 heavy (non-hydrogen) atoms. The highest BCUT2D eigenvalue weighted by Crippen LogP contribution is 2.28. The molecular formula is C17H15N3O5. The highest BCUT2D eigenvalue weighted by Gasteiger charge is 2.22. The van der Waals surface area contributed by atoms with E-state index >= 15 is 0 Å². The Morgan fingerprint density at radius 3 is 2.80 bits per heavy atom. The number of carbonyl (C=O) groups is 2. The van der Waals surface area contributed by atoms with Crippen molar-refractivity contribution in [3.8, 4) is 17.6 Å². The number of hydrogen-bond acceptors (Lipinski definition) is 5. The maximum absolute atomic E-state index is 12.3. The van der Waals surface area contributed by atoms with Gasteiger partial charge in [0.05, 0.1) is 5.39 Å². The molecule has 0 aromatic carbocycles. The summed E-state index contributed by atoms with van der Waals surface area (Å²) in [4.78, 5) is 39.1. The molecule has 8 nitrogen and oxygen atoms in total. The van der Waals surface area contributed by atoms with Crippen molar-refractivity contribution in [3.05, 3.63) is 33.7 Å². The normalized spacial score (nSPS) is 13.2. The zero-order valence-electron chi connectivity index (χ0n) is 13.4. The summed E-state index contributed by atoms with van der Waals surface area (Å²) in [5.41, 5.74) is -0.526. The molecule has 2 heterocycles. The molecule has 1 saturated carbocycles. The Labute approximate surface area is 142 Å². The lowest BCUT2D eigenvalue weighted by molar-refractivity contribution is -0.135. The van der Waals surface area contributed by atoms with Crippen LogP contribution in [0, 0.1) is 17.8 Å². The second-order valence-corrected chi connectivity index (χ2v) is 5.80. The van der Waals surface area contributed by atoms with Gasteiger partial charge in [-0.1, -0.05) is 11.8 Å². The van der Waals surface area contributed by atoms with Gasteiger partial charge in [0.15, 0.2) is 0 Å². The SMILES string of the molecule is Cn1c(=O)c(C(=O)NCC(=O)O)c(O)c2cc(C#CC3CC3)cnc21. The number of aromatic nitrogens is 2. The molecule has 2 aromatic heterocycles. The first-order valence-corrected chi connectivity index (χ1v) is 7.61. The molecule has 1 amide bonds. The zero-order chi connectivity index (χ0) is 18.1. The van der Waals surface area contributed by atoms with Crippen LogP contribution in [0.2, 0.25) is 0 Å². The van der Waals surface area contributed by atoms with Gasteiger partial charge in [-0.15, -0.1) is 0 Å². The Bertz CT molecular complexity index is 1010. The van der Waals surface area contributed by atoms with Gasteiger partial charge < -0.3 is 15.5 Å². The van der Waals surface area contributed by atoms with Crippen LogP contribution in [0.25, 0.3) is 11.0 Å². The Morgan fingerprint density at radius 1 is 1.44 bits per heavy atom. The van der Waals surface area contributed by atoms with Gasteiger partial charge in [-0.05, 0) is 18.9 Å². The molecule has 1 fully saturated rings. The minimum atomic E-state index is -1.26. The van der Waals surface area contributed by atoms with Gasteiger partial charge in [-0.3, -0.25) is 19.0 Å². The third-order valence-corrected chi connectivity index (χ3v) is 3.82. The van der Waals surface area contributed by atoms with Crippen LogP contribution in [0.5, 0.6) is 5.75 Å². The molecule has 0 aliphatic heterocycles. The van der Waals surface area contributed by atoms with E-state index in [9.17, 15) is 19.5 Å². The number of carboxylic acid groups (broad SMARTS) is 1. The molecule has 0 saturated heterocycles. The van der Waals surface area contributed by atoms with Crippen LogP contribution in [-0.2, 0) is 11.8 Å². The smallest absolute Gasteiger partial charge is 0.322 e. The fraction of sp³-hybridized carbons (Fsp3) is 0.294. The van der Waals surface area contributed by atoms with E-state index in [-0.39, 0.29) is 11.0 Å². The van der Waals surface area contributed by atoms with Crippen LogP contribution in [0.4, 0.5) is 0 Å². The second-order valence-electron chi connectivity index (χ2n) is 5.80. The van der Waals surface area contributed by atoms with E-state index in [2.05, 4.69) is 22.1 Å². The van der Waals surface area contributed by atoms with Crippen LogP contribution in [0.15, 0.2) is 17.1 Å². The largest absolute Gasteiger partial charge is 0.506 e. The predicted molar refractivity (Wildman–Crippen MR) is 88.2 cm³/mol. The molecule has 0 spiro atoms. The molecule has 128 valence electrons. The lowest BCUT2D eigenvalue weighted by Crippen LogP contribution is -2.35. The number of carboxylic acids is 1. The average Bonchev–Trinajstić information content (AvgIpc) is 3.40. The molecule has 0 atom stereocenters. The number of nitrogens with zero attached hydrogens (tertiary/aromatic N) is 2. The molecule has 2 aromatic rings. The highest BCUT2D eigenvalue weighted by atomic mass is 16.4. The first-order chi connectivity index (χ1) is 11.9. The predicted octanol–water partition coefficient (Wildman–Crippen LogP) is 0.215. The van der Waals surface area contributed by atoms with Crippen LogP contribution in [0.1, 0.15) is 28.8 Å². The molecule has 1 aliphatic carbocycles. The standard InChI is InChI=1S/C17H15N3O5/c1-20-15-11(6-10(7-18-15)5-4-9-2-3-9)14(23)13(17(20)25)16(24)19-8-12(21)22/h6-7,9,23H,2-3,8H2,1H3,(H,19,24)(H,21,22). The summed E-state index contributed by atoms with van der Waals surface area (Å²) < 4.78 is 1.13. The molecule has 0 bridgehead atoms. The minimum Gasteiger partial charge on any atom is -0.506 e. The van der Waals surface area contributed by atoms with Gasteiger partial charge in [-0.2, -0.15) is 0 Å². The minimum absolute atomic E-state index is 0.199. The van der Waals surface area contributed by atoms with Crippen molar-refractivity contribution in [3.63, 3.8) is 0 Å². The molecule has 3 rings (SSSR count). The van der Waals surface area contributed by atoms with Gasteiger partial charge in [0.2, 0.25) is 0 Å². The van der Waals surface area contributed by atoms with Gasteiger partial charge in [0.25, 0.3) is 11.5 Å². The number of nitrogens with one attached hydrogen (secondary N) is 1. The van der Waals surface area contributed by atoms with Crippen LogP contribution in [-0.4, -0.2) is 38.2 Å². The van der Waals surface area contributed by atoms with E-state index in [0.717, 1.165) is 17.4 Å². The Morgan fingerprint density at radius 2 is 2.16 bits per heavy atom. The van der Waals surface area contributed by atoms with Crippen LogP contribution >= 0.6 is 0 Å². The summed E-state index contributed by atoms with van der Waals surface area (Å²) in [5, 5.41) is 21.3. The number of aryl methyl sites for hydroxylation is 1. The van der Waals surface area contributed by atoms with Crippen molar-refractivity contribution < 1.29 is 19.8 Å². The fourth-order valence-electron chi connectivity index (χ4n) is 2.33. The van der Waals surface area contributed by atoms with Crippen molar-refractivity contribution in [1.82, 2.24) is 14.9 Å². The summed E-state index contributed by atoms with van der Waals surface area (Å²) in [6.45, 7) is -0.662. The van der Waals surface area contributed by atoms with Crippen molar-refractivity contribution in [1.29, 1.82) is 0 Å². The first-order valence-electron chi connectivity index (χ1n) is 7.61. The van der Waals surface area contributed by atoms with E-state index in [1.807, 2.05) is 0 Å². The molecule has 3 N–H and O–H groups in total. The summed E-state index contributed by atoms with van der Waals surface area (Å²) >= 11 is 0. The van der Waals surface area contributed by atoms with Gasteiger partial charge in [0.1, 0.15) is 23.5 Å². The maximum Gasteiger partial charge on any atom is 0.322 e. The number of fused-ring (bicyclic) bond motifs is 1. The number of carbonyl (C=O) groups excluding carboxylic acids is 1. The van der Waals surface area contributed by atoms with Crippen molar-refractivity contribution in [2.24, 2.45) is 13.0 Å². The summed E-state index contributed by atoms with van der Waals surface area (Å²) in [6, 6.07) is 1.56. The third-order valence-electron chi connectivity index (χ3n) is 3.82. The zero-order valence-corrected chi connectivity index (χ0v) is 13.4. The lowest BCUT2D eigenvalue weighted by atomic mass is 10.1. The quantitative estimate of drug-likeness (QED) is 0.687. The summed E-state index contributed by atoms with van der Waals surface area (Å²) in [5.74, 6) is 3.66. The highest BCUT2D eigenvalue weighted by molar-refractivity contribution is 6.02. The third kappa shape index (κ3) is 3.30. The number of aromatic hydroxyl groups is 1. The van der Waals surface area contributed by atoms with Crippen LogP contribution < -0.4 is 10.9 Å². The van der Waals surface area contributed by atoms with E-state index in [0.29, 0.717) is 11.5 Å². The molecule has 1 aliphatic rings. The van der Waals surface area contributed by atoms with Crippen LogP contribution in [0.3, 0.4) is 0 Å². The molecule has 0 radical (unpaired) electrons. The fourth-order valence-corrected chi connectivity index (χ4v) is 2.33. The van der Waals surface area contributed by atoms with E-state index in [4.69, 9.17) is 5.11 Å². The number of pyridine rings is 2. The Balaban J connectivity index is 2.10. The number of hydrogen-bond donors (Lipinski definition) is 3. The van der Waals surface area contributed by atoms with E-state index in [1.165, 1.54) is 13.2 Å². The van der Waals surface area contributed by atoms with E-state index in [1.54, 1.807) is 6.07 Å². The number of amides is 1. The molecule has 0 unspecified atom stereocenters. The number of rotatable bonds is 3. The Kier molecular flexibility index (Phi) is 4.15. The van der Waals surface area contributed by atoms with Gasteiger partial charge in [-0.25, -0.2) is 4.98 Å². The summed E-state index contributed by atoms with van der Waals surface area (Å²) in [6.07, 6.45) is 3.64. The second kappa shape index (κ2) is 6.28. The number of aliphatic carboxylic acids is 1. The lowest BCUT2D eigenvalue weighted by Gasteiger charge is -2.11. The van der Waals surface area contributed by atoms with Crippen molar-refractivity contribution in [2.45, 2.75) is 12.8 Å².